The van der Waals surface area contributed by atoms with Gasteiger partial charge in [-0.05, 0) is 25.1 Å². The van der Waals surface area contributed by atoms with Crippen LogP contribution in [0.5, 0.6) is 5.75 Å². The summed E-state index contributed by atoms with van der Waals surface area (Å²) in [7, 11) is 0. The van der Waals surface area contributed by atoms with Crippen molar-refractivity contribution in [1.82, 2.24) is 20.2 Å². The molecule has 0 saturated heterocycles. The number of hydrogen-bond acceptors (Lipinski definition) is 8. The van der Waals surface area contributed by atoms with Gasteiger partial charge in [0.25, 0.3) is 5.91 Å². The van der Waals surface area contributed by atoms with E-state index in [4.69, 9.17) is 9.15 Å². The molecule has 0 atom stereocenters. The van der Waals surface area contributed by atoms with Gasteiger partial charge in [-0.2, -0.15) is 10.1 Å². The summed E-state index contributed by atoms with van der Waals surface area (Å²) in [6, 6.07) is 6.75. The highest BCUT2D eigenvalue weighted by Crippen LogP contribution is 2.25. The smallest absolute Gasteiger partial charge is 0.345 e. The summed E-state index contributed by atoms with van der Waals surface area (Å²) in [5.74, 6) is 0.232. The first-order valence-electron chi connectivity index (χ1n) is 7.87. The van der Waals surface area contributed by atoms with E-state index in [1.807, 2.05) is 12.3 Å². The minimum atomic E-state index is -0.479. The lowest BCUT2D eigenvalue weighted by Gasteiger charge is -2.07. The van der Waals surface area contributed by atoms with E-state index in [-0.39, 0.29) is 12.6 Å². The third-order valence-electron chi connectivity index (χ3n) is 3.65. The Bertz CT molecular complexity index is 1170. The fourth-order valence-corrected chi connectivity index (χ4v) is 3.04. The molecule has 136 valence electrons. The zero-order chi connectivity index (χ0) is 18.8. The van der Waals surface area contributed by atoms with E-state index in [0.717, 1.165) is 10.4 Å². The molecule has 3 heterocycles. The first kappa shape index (κ1) is 16.9. The minimum absolute atomic E-state index is 0.230. The van der Waals surface area contributed by atoms with Gasteiger partial charge in [-0.15, -0.1) is 11.3 Å². The summed E-state index contributed by atoms with van der Waals surface area (Å²) in [5, 5.41) is 12.1. The highest BCUT2D eigenvalue weighted by atomic mass is 32.1. The summed E-state index contributed by atoms with van der Waals surface area (Å²) in [6.07, 6.45) is 1.28. The molecular formula is C17H13N5O4S. The van der Waals surface area contributed by atoms with Crippen LogP contribution in [0, 0.1) is 6.92 Å². The Morgan fingerprint density at radius 2 is 2.26 bits per heavy atom. The number of carbonyl (C=O) groups excluding carboxylic acids is 1. The molecule has 0 radical (unpaired) electrons. The number of aryl methyl sites for hydroxylation is 1. The number of thiazole rings is 1. The number of aromatic nitrogens is 4. The number of benzene rings is 1. The monoisotopic (exact) mass is 383 g/mol. The van der Waals surface area contributed by atoms with Gasteiger partial charge in [-0.1, -0.05) is 0 Å². The Labute approximate surface area is 156 Å². The Hall–Kier alpha value is -3.53. The van der Waals surface area contributed by atoms with Gasteiger partial charge in [0.1, 0.15) is 17.7 Å². The third-order valence-corrected chi connectivity index (χ3v) is 4.42. The van der Waals surface area contributed by atoms with Crippen LogP contribution in [-0.2, 0) is 4.79 Å². The molecule has 0 aliphatic carbocycles. The standard InChI is InChI=1S/C17H13N5O4S/c1-9-20-13(7-27-9)12-4-10-2-3-11(5-14(10)26-16(12)24)25-6-15(23)21-17-18-8-19-22-17/h2-5,7-8H,6H2,1H3,(H2,18,19,21,22,23). The molecule has 0 unspecified atom stereocenters. The second-order valence-corrected chi connectivity index (χ2v) is 6.63. The maximum Gasteiger partial charge on any atom is 0.345 e. The van der Waals surface area contributed by atoms with Gasteiger partial charge in [0.05, 0.1) is 16.3 Å². The number of rotatable bonds is 5. The van der Waals surface area contributed by atoms with E-state index in [1.165, 1.54) is 17.7 Å². The van der Waals surface area contributed by atoms with Crippen LogP contribution in [0.3, 0.4) is 0 Å². The maximum atomic E-state index is 12.3. The summed E-state index contributed by atoms with van der Waals surface area (Å²) in [6.45, 7) is 1.64. The van der Waals surface area contributed by atoms with E-state index in [1.54, 1.807) is 24.3 Å². The molecule has 4 aromatic rings. The van der Waals surface area contributed by atoms with Crippen LogP contribution in [0.4, 0.5) is 5.95 Å². The van der Waals surface area contributed by atoms with Crippen LogP contribution >= 0.6 is 11.3 Å². The van der Waals surface area contributed by atoms with Crippen molar-refractivity contribution in [3.63, 3.8) is 0 Å². The number of aromatic amines is 1. The van der Waals surface area contributed by atoms with Crippen molar-refractivity contribution in [1.29, 1.82) is 0 Å². The normalized spacial score (nSPS) is 10.9. The Morgan fingerprint density at radius 1 is 1.37 bits per heavy atom. The zero-order valence-corrected chi connectivity index (χ0v) is 14.9. The fraction of sp³-hybridized carbons (Fsp3) is 0.118. The Morgan fingerprint density at radius 3 is 3.00 bits per heavy atom. The molecule has 4 rings (SSSR count). The van der Waals surface area contributed by atoms with E-state index < -0.39 is 11.5 Å². The average molecular weight is 383 g/mol. The van der Waals surface area contributed by atoms with Crippen molar-refractivity contribution in [2.75, 3.05) is 11.9 Å². The van der Waals surface area contributed by atoms with Gasteiger partial charge >= 0.3 is 5.63 Å². The number of nitrogens with one attached hydrogen (secondary N) is 2. The van der Waals surface area contributed by atoms with Gasteiger partial charge in [-0.25, -0.2) is 14.9 Å². The lowest BCUT2D eigenvalue weighted by Crippen LogP contribution is -2.20. The van der Waals surface area contributed by atoms with Crippen LogP contribution in [0.25, 0.3) is 22.2 Å². The Kier molecular flexibility index (Phi) is 4.38. The molecule has 3 aromatic heterocycles. The van der Waals surface area contributed by atoms with Crippen molar-refractivity contribution in [3.05, 3.63) is 51.4 Å². The second kappa shape index (κ2) is 7.00. The molecule has 0 fully saturated rings. The molecule has 27 heavy (non-hydrogen) atoms. The number of H-pyrrole nitrogens is 1. The lowest BCUT2D eigenvalue weighted by molar-refractivity contribution is -0.118. The molecule has 10 heteroatoms. The van der Waals surface area contributed by atoms with Crippen LogP contribution in [0.1, 0.15) is 5.01 Å². The molecule has 1 aromatic carbocycles. The van der Waals surface area contributed by atoms with Crippen molar-refractivity contribution >= 4 is 34.2 Å². The van der Waals surface area contributed by atoms with E-state index in [2.05, 4.69) is 25.5 Å². The quantitative estimate of drug-likeness (QED) is 0.507. The van der Waals surface area contributed by atoms with E-state index in [0.29, 0.717) is 22.6 Å². The maximum absolute atomic E-state index is 12.3. The molecule has 1 amide bonds. The highest BCUT2D eigenvalue weighted by molar-refractivity contribution is 7.09. The SMILES string of the molecule is Cc1nc(-c2cc3ccc(OCC(=O)Nc4ncn[nH]4)cc3oc2=O)cs1. The van der Waals surface area contributed by atoms with Gasteiger partial charge in [0.15, 0.2) is 6.61 Å². The van der Waals surface area contributed by atoms with E-state index in [9.17, 15) is 9.59 Å². The van der Waals surface area contributed by atoms with Gasteiger partial charge in [0, 0.05) is 16.8 Å². The highest BCUT2D eigenvalue weighted by Gasteiger charge is 2.12. The largest absolute Gasteiger partial charge is 0.484 e. The number of fused-ring (bicyclic) bond motifs is 1. The molecule has 0 spiro atoms. The number of carbonyl (C=O) groups is 1. The first-order chi connectivity index (χ1) is 13.1. The molecule has 2 N–H and O–H groups in total. The number of anilines is 1. The topological polar surface area (TPSA) is 123 Å². The van der Waals surface area contributed by atoms with Crippen molar-refractivity contribution in [2.45, 2.75) is 6.92 Å². The van der Waals surface area contributed by atoms with Crippen LogP contribution in [0.2, 0.25) is 0 Å². The predicted molar refractivity (Wildman–Crippen MR) is 98.8 cm³/mol. The van der Waals surface area contributed by atoms with Gasteiger partial charge in [0.2, 0.25) is 5.95 Å². The number of nitrogens with zero attached hydrogens (tertiary/aromatic N) is 3. The fourth-order valence-electron chi connectivity index (χ4n) is 2.43. The molecule has 0 aliphatic rings. The van der Waals surface area contributed by atoms with Gasteiger partial charge in [-0.3, -0.25) is 10.1 Å². The number of amides is 1. The Balaban J connectivity index is 1.52. The zero-order valence-electron chi connectivity index (χ0n) is 14.1. The molecular weight excluding hydrogens is 370 g/mol. The van der Waals surface area contributed by atoms with Crippen molar-refractivity contribution in [3.8, 4) is 17.0 Å². The second-order valence-electron chi connectivity index (χ2n) is 5.57. The van der Waals surface area contributed by atoms with Crippen molar-refractivity contribution in [2.24, 2.45) is 0 Å². The van der Waals surface area contributed by atoms with E-state index >= 15 is 0 Å². The molecule has 0 aliphatic heterocycles. The summed E-state index contributed by atoms with van der Waals surface area (Å²) < 4.78 is 10.8. The summed E-state index contributed by atoms with van der Waals surface area (Å²) in [5.41, 5.74) is 0.890. The predicted octanol–water partition coefficient (Wildman–Crippen LogP) is 2.36. The lowest BCUT2D eigenvalue weighted by atomic mass is 10.1. The van der Waals surface area contributed by atoms with Gasteiger partial charge < -0.3 is 9.15 Å². The van der Waals surface area contributed by atoms with Crippen molar-refractivity contribution < 1.29 is 13.9 Å². The minimum Gasteiger partial charge on any atom is -0.484 e. The average Bonchev–Trinajstić information content (AvgIpc) is 3.31. The molecule has 0 saturated carbocycles. The summed E-state index contributed by atoms with van der Waals surface area (Å²) in [4.78, 5) is 32.2. The van der Waals surface area contributed by atoms with Crippen LogP contribution in [0.15, 0.2) is 45.2 Å². The number of ether oxygens (including phenoxy) is 1. The molecule has 0 bridgehead atoms. The van der Waals surface area contributed by atoms with Crippen LogP contribution in [-0.4, -0.2) is 32.7 Å². The first-order valence-corrected chi connectivity index (χ1v) is 8.75. The summed E-state index contributed by atoms with van der Waals surface area (Å²) >= 11 is 1.47. The van der Waals surface area contributed by atoms with Crippen LogP contribution < -0.4 is 15.7 Å². The molecule has 9 nitrogen and oxygen atoms in total. The number of hydrogen-bond donors (Lipinski definition) is 2. The third kappa shape index (κ3) is 3.70.